The van der Waals surface area contributed by atoms with Gasteiger partial charge in [-0.05, 0) is 54.7 Å². The SMILES string of the molecule is O=C(Nc1ncc(C2CCCC2)cn1)c1cc(NO)ccc1Sc1c(F)cccc1Cl. The second kappa shape index (κ2) is 9.64. The highest BCUT2D eigenvalue weighted by molar-refractivity contribution is 7.99. The monoisotopic (exact) mass is 458 g/mol. The lowest BCUT2D eigenvalue weighted by molar-refractivity contribution is 0.102. The lowest BCUT2D eigenvalue weighted by Gasteiger charge is -2.13. The number of nitrogens with zero attached hydrogens (tertiary/aromatic N) is 2. The number of amides is 1. The van der Waals surface area contributed by atoms with Crippen LogP contribution in [-0.4, -0.2) is 21.1 Å². The molecule has 2 aromatic carbocycles. The summed E-state index contributed by atoms with van der Waals surface area (Å²) in [6.45, 7) is 0. The van der Waals surface area contributed by atoms with E-state index in [1.165, 1.54) is 31.0 Å². The van der Waals surface area contributed by atoms with E-state index < -0.39 is 11.7 Å². The van der Waals surface area contributed by atoms with Crippen molar-refractivity contribution >= 4 is 40.9 Å². The van der Waals surface area contributed by atoms with Gasteiger partial charge in [0.05, 0.1) is 21.2 Å². The molecule has 1 amide bonds. The zero-order valence-electron chi connectivity index (χ0n) is 16.4. The molecule has 1 heterocycles. The summed E-state index contributed by atoms with van der Waals surface area (Å²) < 4.78 is 14.2. The van der Waals surface area contributed by atoms with E-state index in [0.29, 0.717) is 16.5 Å². The zero-order chi connectivity index (χ0) is 21.8. The van der Waals surface area contributed by atoms with E-state index in [0.717, 1.165) is 30.2 Å². The molecular formula is C22H20ClFN4O2S. The average Bonchev–Trinajstić information content (AvgIpc) is 3.32. The van der Waals surface area contributed by atoms with E-state index in [9.17, 15) is 14.4 Å². The van der Waals surface area contributed by atoms with Crippen molar-refractivity contribution < 1.29 is 14.4 Å². The molecule has 0 aliphatic heterocycles. The van der Waals surface area contributed by atoms with Crippen LogP contribution in [0.25, 0.3) is 0 Å². The van der Waals surface area contributed by atoms with Gasteiger partial charge in [-0.15, -0.1) is 0 Å². The molecule has 6 nitrogen and oxygen atoms in total. The van der Waals surface area contributed by atoms with Crippen LogP contribution in [0, 0.1) is 5.82 Å². The minimum atomic E-state index is -0.487. The molecule has 0 spiro atoms. The Morgan fingerprint density at radius 2 is 1.90 bits per heavy atom. The summed E-state index contributed by atoms with van der Waals surface area (Å²) in [4.78, 5) is 22.2. The van der Waals surface area contributed by atoms with E-state index in [1.807, 2.05) is 5.48 Å². The van der Waals surface area contributed by atoms with E-state index in [2.05, 4.69) is 15.3 Å². The Labute approximate surface area is 188 Å². The Kier molecular flexibility index (Phi) is 6.70. The van der Waals surface area contributed by atoms with Crippen molar-refractivity contribution in [3.8, 4) is 0 Å². The third-order valence-corrected chi connectivity index (χ3v) is 6.83. The maximum Gasteiger partial charge on any atom is 0.259 e. The molecule has 9 heteroatoms. The van der Waals surface area contributed by atoms with Gasteiger partial charge in [0.15, 0.2) is 0 Å². The summed E-state index contributed by atoms with van der Waals surface area (Å²) in [7, 11) is 0. The lowest BCUT2D eigenvalue weighted by Crippen LogP contribution is -2.15. The second-order valence-corrected chi connectivity index (χ2v) is 8.71. The Morgan fingerprint density at radius 3 is 2.58 bits per heavy atom. The van der Waals surface area contributed by atoms with E-state index in [4.69, 9.17) is 11.6 Å². The number of halogens is 2. The smallest absolute Gasteiger partial charge is 0.259 e. The first-order valence-corrected chi connectivity index (χ1v) is 11.0. The number of benzene rings is 2. The number of anilines is 2. The fourth-order valence-corrected chi connectivity index (χ4v) is 4.82. The van der Waals surface area contributed by atoms with Crippen LogP contribution in [-0.2, 0) is 0 Å². The largest absolute Gasteiger partial charge is 0.291 e. The molecule has 0 bridgehead atoms. The maximum absolute atomic E-state index is 14.2. The van der Waals surface area contributed by atoms with Crippen LogP contribution in [0.3, 0.4) is 0 Å². The molecule has 0 atom stereocenters. The molecule has 0 saturated heterocycles. The third kappa shape index (κ3) is 4.98. The van der Waals surface area contributed by atoms with Gasteiger partial charge in [-0.2, -0.15) is 0 Å². The van der Waals surface area contributed by atoms with Gasteiger partial charge in [-0.1, -0.05) is 42.3 Å². The molecule has 160 valence electrons. The average molecular weight is 459 g/mol. The van der Waals surface area contributed by atoms with Crippen LogP contribution in [0.4, 0.5) is 16.0 Å². The van der Waals surface area contributed by atoms with Crippen LogP contribution in [0.15, 0.2) is 58.6 Å². The van der Waals surface area contributed by atoms with Gasteiger partial charge in [0.1, 0.15) is 5.82 Å². The fraction of sp³-hybridized carbons (Fsp3) is 0.227. The van der Waals surface area contributed by atoms with Gasteiger partial charge in [-0.3, -0.25) is 20.8 Å². The molecule has 31 heavy (non-hydrogen) atoms. The molecule has 1 aromatic heterocycles. The molecule has 0 unspecified atom stereocenters. The quantitative estimate of drug-likeness (QED) is 0.385. The van der Waals surface area contributed by atoms with Crippen molar-refractivity contribution in [2.45, 2.75) is 41.4 Å². The molecule has 1 aliphatic rings. The second-order valence-electron chi connectivity index (χ2n) is 7.25. The van der Waals surface area contributed by atoms with Gasteiger partial charge >= 0.3 is 0 Å². The Hall–Kier alpha value is -2.68. The van der Waals surface area contributed by atoms with E-state index in [-0.39, 0.29) is 21.4 Å². The number of carbonyl (C=O) groups excluding carboxylic acids is 1. The molecule has 0 radical (unpaired) electrons. The first-order chi connectivity index (χ1) is 15.0. The van der Waals surface area contributed by atoms with Crippen LogP contribution >= 0.6 is 23.4 Å². The van der Waals surface area contributed by atoms with Gasteiger partial charge in [0, 0.05) is 17.3 Å². The number of hydrogen-bond donors (Lipinski definition) is 3. The number of hydrogen-bond acceptors (Lipinski definition) is 6. The number of nitrogens with one attached hydrogen (secondary N) is 2. The molecule has 3 aromatic rings. The summed E-state index contributed by atoms with van der Waals surface area (Å²) in [6.07, 6.45) is 8.19. The summed E-state index contributed by atoms with van der Waals surface area (Å²) >= 11 is 7.16. The molecule has 3 N–H and O–H groups in total. The number of rotatable bonds is 6. The zero-order valence-corrected chi connectivity index (χ0v) is 18.0. The van der Waals surface area contributed by atoms with Crippen LogP contribution < -0.4 is 10.8 Å². The van der Waals surface area contributed by atoms with Crippen LogP contribution in [0.2, 0.25) is 5.02 Å². The maximum atomic E-state index is 14.2. The predicted octanol–water partition coefficient (Wildman–Crippen LogP) is 6.13. The molecule has 1 saturated carbocycles. The van der Waals surface area contributed by atoms with Gasteiger partial charge in [0.25, 0.3) is 5.91 Å². The Balaban J connectivity index is 1.58. The highest BCUT2D eigenvalue weighted by atomic mass is 35.5. The summed E-state index contributed by atoms with van der Waals surface area (Å²) in [5.74, 6) is -0.320. The summed E-state index contributed by atoms with van der Waals surface area (Å²) in [5.41, 5.74) is 3.62. The van der Waals surface area contributed by atoms with Gasteiger partial charge in [-0.25, -0.2) is 14.4 Å². The minimum Gasteiger partial charge on any atom is -0.291 e. The van der Waals surface area contributed by atoms with Crippen molar-refractivity contribution in [2.24, 2.45) is 0 Å². The lowest BCUT2D eigenvalue weighted by atomic mass is 10.0. The normalized spacial score (nSPS) is 13.9. The van der Waals surface area contributed by atoms with Crippen molar-refractivity contribution in [1.82, 2.24) is 9.97 Å². The van der Waals surface area contributed by atoms with Crippen LogP contribution in [0.1, 0.15) is 47.5 Å². The summed E-state index contributed by atoms with van der Waals surface area (Å²) in [6, 6.07) is 9.03. The first-order valence-electron chi connectivity index (χ1n) is 9.84. The van der Waals surface area contributed by atoms with Crippen molar-refractivity contribution in [3.05, 3.63) is 70.8 Å². The third-order valence-electron chi connectivity index (χ3n) is 5.21. The molecular weight excluding hydrogens is 439 g/mol. The first kappa shape index (κ1) is 21.5. The molecule has 1 aliphatic carbocycles. The minimum absolute atomic E-state index is 0.175. The Morgan fingerprint density at radius 1 is 1.16 bits per heavy atom. The van der Waals surface area contributed by atoms with Crippen molar-refractivity contribution in [2.75, 3.05) is 10.8 Å². The van der Waals surface area contributed by atoms with E-state index in [1.54, 1.807) is 30.6 Å². The fourth-order valence-electron chi connectivity index (χ4n) is 3.60. The standard InChI is InChI=1S/C22H20ClFN4O2S/c23-17-6-3-7-18(24)20(17)31-19-9-8-15(28-30)10-16(19)21(29)27-22-25-11-14(12-26-22)13-4-1-2-5-13/h3,6-13,28,30H,1-2,4-5H2,(H,25,26,27,29). The molecule has 4 rings (SSSR count). The topological polar surface area (TPSA) is 87.1 Å². The van der Waals surface area contributed by atoms with E-state index >= 15 is 0 Å². The van der Waals surface area contributed by atoms with Crippen molar-refractivity contribution in [1.29, 1.82) is 0 Å². The highest BCUT2D eigenvalue weighted by Crippen LogP contribution is 2.38. The highest BCUT2D eigenvalue weighted by Gasteiger charge is 2.20. The summed E-state index contributed by atoms with van der Waals surface area (Å²) in [5, 5.41) is 12.2. The van der Waals surface area contributed by atoms with Gasteiger partial charge < -0.3 is 0 Å². The Bertz CT molecular complexity index is 1070. The predicted molar refractivity (Wildman–Crippen MR) is 119 cm³/mol. The number of carbonyl (C=O) groups is 1. The number of aromatic nitrogens is 2. The molecule has 1 fully saturated rings. The van der Waals surface area contributed by atoms with Crippen molar-refractivity contribution in [3.63, 3.8) is 0 Å². The van der Waals surface area contributed by atoms with Gasteiger partial charge in [0.2, 0.25) is 5.95 Å². The van der Waals surface area contributed by atoms with Crippen LogP contribution in [0.5, 0.6) is 0 Å².